The fraction of sp³-hybridized carbons (Fsp3) is 0.706. The second-order valence-corrected chi connectivity index (χ2v) is 14.2. The first-order chi connectivity index (χ1) is 20.8. The Hall–Kier alpha value is -2.78. The highest BCUT2D eigenvalue weighted by Gasteiger charge is 2.46. The largest absolute Gasteiger partial charge is 0.481 e. The van der Waals surface area contributed by atoms with Crippen LogP contribution in [0, 0.1) is 17.8 Å². The van der Waals surface area contributed by atoms with Crippen molar-refractivity contribution in [1.82, 2.24) is 19.4 Å². The molecule has 4 fully saturated rings. The summed E-state index contributed by atoms with van der Waals surface area (Å²) in [5.74, 6) is 1.69. The lowest BCUT2D eigenvalue weighted by molar-refractivity contribution is -0.136. The Labute approximate surface area is 255 Å². The van der Waals surface area contributed by atoms with Gasteiger partial charge in [0.05, 0.1) is 17.5 Å². The van der Waals surface area contributed by atoms with E-state index in [9.17, 15) is 14.7 Å². The van der Waals surface area contributed by atoms with E-state index in [1.54, 1.807) is 0 Å². The van der Waals surface area contributed by atoms with E-state index in [-0.39, 0.29) is 30.1 Å². The Kier molecular flexibility index (Phi) is 9.19. The van der Waals surface area contributed by atoms with Crippen molar-refractivity contribution in [3.05, 3.63) is 40.3 Å². The summed E-state index contributed by atoms with van der Waals surface area (Å²) in [5.41, 5.74) is 1.92. The molecule has 2 saturated carbocycles. The van der Waals surface area contributed by atoms with Crippen LogP contribution in [0.1, 0.15) is 95.7 Å². The number of para-hydroxylation sites is 2. The first kappa shape index (κ1) is 30.3. The summed E-state index contributed by atoms with van der Waals surface area (Å²) in [6.07, 6.45) is 12.4. The number of likely N-dealkylation sites (N-methyl/N-ethyl adjacent to an activating group) is 1. The highest BCUT2D eigenvalue weighted by Crippen LogP contribution is 2.48. The molecule has 4 bridgehead atoms. The number of nitrogens with zero attached hydrogens (tertiary/aromatic N) is 5. The molecule has 5 atom stereocenters. The van der Waals surface area contributed by atoms with Crippen molar-refractivity contribution in [2.75, 3.05) is 27.2 Å². The predicted molar refractivity (Wildman–Crippen MR) is 168 cm³/mol. The number of hydrogen-bond donors (Lipinski definition) is 1. The third kappa shape index (κ3) is 6.68. The van der Waals surface area contributed by atoms with E-state index in [1.807, 2.05) is 47.8 Å². The van der Waals surface area contributed by atoms with E-state index in [1.165, 1.54) is 51.4 Å². The molecule has 0 spiro atoms. The Morgan fingerprint density at radius 3 is 2.35 bits per heavy atom. The third-order valence-electron chi connectivity index (χ3n) is 10.6. The van der Waals surface area contributed by atoms with Gasteiger partial charge < -0.3 is 19.4 Å². The number of carboxylic acid groups (broad SMARTS) is 1. The first-order valence-corrected chi connectivity index (χ1v) is 16.6. The van der Waals surface area contributed by atoms with Crippen molar-refractivity contribution in [3.63, 3.8) is 0 Å². The van der Waals surface area contributed by atoms with Crippen molar-refractivity contribution in [2.24, 2.45) is 22.9 Å². The number of aliphatic carboxylic acids is 1. The maximum absolute atomic E-state index is 14.4. The van der Waals surface area contributed by atoms with Gasteiger partial charge in [-0.3, -0.25) is 14.5 Å². The van der Waals surface area contributed by atoms with E-state index >= 15 is 0 Å². The van der Waals surface area contributed by atoms with Crippen LogP contribution in [0.15, 0.2) is 34.2 Å². The zero-order valence-corrected chi connectivity index (χ0v) is 26.2. The second kappa shape index (κ2) is 13.1. The van der Waals surface area contributed by atoms with Crippen LogP contribution in [0.5, 0.6) is 0 Å². The molecule has 2 unspecified atom stereocenters. The molecule has 1 aromatic heterocycles. The number of hydrogen-bond acceptors (Lipinski definition) is 7. The molecule has 43 heavy (non-hydrogen) atoms. The van der Waals surface area contributed by atoms with Gasteiger partial charge in [0.15, 0.2) is 5.69 Å². The highest BCUT2D eigenvalue weighted by atomic mass is 16.6. The molecule has 2 aliphatic carbocycles. The minimum absolute atomic E-state index is 0.0733. The fourth-order valence-corrected chi connectivity index (χ4v) is 9.07. The lowest BCUT2D eigenvalue weighted by Crippen LogP contribution is -2.59. The van der Waals surface area contributed by atoms with Crippen molar-refractivity contribution < 1.29 is 14.7 Å². The minimum atomic E-state index is -0.941. The van der Waals surface area contributed by atoms with Gasteiger partial charge in [-0.1, -0.05) is 30.6 Å². The highest BCUT2D eigenvalue weighted by molar-refractivity contribution is 6.00. The molecule has 2 saturated heterocycles. The number of carboxylic acids is 1. The molecule has 1 N–H and O–H groups in total. The molecule has 4 aliphatic rings. The third-order valence-corrected chi connectivity index (χ3v) is 10.6. The normalized spacial score (nSPS) is 31.3. The van der Waals surface area contributed by atoms with Gasteiger partial charge in [0, 0.05) is 37.1 Å². The van der Waals surface area contributed by atoms with E-state index in [0.717, 1.165) is 41.6 Å². The molecular weight excluding hydrogens is 542 g/mol. The van der Waals surface area contributed by atoms with Crippen LogP contribution in [0.3, 0.4) is 0 Å². The van der Waals surface area contributed by atoms with Crippen LogP contribution in [-0.4, -0.2) is 81.5 Å². The quantitative estimate of drug-likeness (QED) is 0.227. The number of piperidine rings is 2. The zero-order chi connectivity index (χ0) is 30.1. The molecule has 2 aromatic rings. The van der Waals surface area contributed by atoms with Crippen LogP contribution >= 0.6 is 0 Å². The second-order valence-electron chi connectivity index (χ2n) is 14.2. The zero-order valence-electron chi connectivity index (χ0n) is 26.2. The van der Waals surface area contributed by atoms with Gasteiger partial charge in [-0.2, -0.15) is 0 Å². The Morgan fingerprint density at radius 1 is 0.977 bits per heavy atom. The molecule has 234 valence electrons. The number of fused-ring (bicyclic) bond motifs is 5. The molecule has 0 amide bonds. The van der Waals surface area contributed by atoms with Gasteiger partial charge in [0.2, 0.25) is 0 Å². The van der Waals surface area contributed by atoms with Gasteiger partial charge >= 0.3 is 5.97 Å². The standard InChI is InChI=1S/C34H49N5O4/c1-22-15-23-17-24(16-22)19-27(18-23)38-25-7-6-8-26(38)21-28(20-25)39-31-10-5-4-9-29(31)35-33(34(39)42)30(11-12-32(40)41)36-43-14-13-37(2)3/h4-5,9-10,22-28H,6-8,11-21H2,1-3H3,(H,40,41)/b36-30+/t22?,23?,24?,25-,26+,27?,28+. The molecule has 3 heterocycles. The molecule has 6 rings (SSSR count). The fourth-order valence-electron chi connectivity index (χ4n) is 9.07. The van der Waals surface area contributed by atoms with Crippen LogP contribution in [0.4, 0.5) is 0 Å². The molecule has 1 aromatic carbocycles. The topological polar surface area (TPSA) is 100 Å². The minimum Gasteiger partial charge on any atom is -0.481 e. The monoisotopic (exact) mass is 591 g/mol. The molecule has 9 nitrogen and oxygen atoms in total. The predicted octanol–water partition coefficient (Wildman–Crippen LogP) is 5.32. The van der Waals surface area contributed by atoms with E-state index in [0.29, 0.717) is 37.0 Å². The maximum Gasteiger partial charge on any atom is 0.303 e. The summed E-state index contributed by atoms with van der Waals surface area (Å²) in [6.45, 7) is 3.45. The Balaban J connectivity index is 1.31. The van der Waals surface area contributed by atoms with Gasteiger partial charge in [-0.15, -0.1) is 0 Å². The summed E-state index contributed by atoms with van der Waals surface area (Å²) in [6, 6.07) is 9.60. The first-order valence-electron chi connectivity index (χ1n) is 16.6. The molecular formula is C34H49N5O4. The summed E-state index contributed by atoms with van der Waals surface area (Å²) >= 11 is 0. The van der Waals surface area contributed by atoms with E-state index < -0.39 is 5.97 Å². The van der Waals surface area contributed by atoms with Gasteiger partial charge in [-0.25, -0.2) is 4.98 Å². The van der Waals surface area contributed by atoms with Crippen LogP contribution in [-0.2, 0) is 9.63 Å². The lowest BCUT2D eigenvalue weighted by Gasteiger charge is -2.55. The Bertz CT molecular complexity index is 1360. The number of benzene rings is 1. The summed E-state index contributed by atoms with van der Waals surface area (Å²) in [4.78, 5) is 41.1. The van der Waals surface area contributed by atoms with Crippen molar-refractivity contribution >= 4 is 22.7 Å². The van der Waals surface area contributed by atoms with Crippen LogP contribution in [0.2, 0.25) is 0 Å². The van der Waals surface area contributed by atoms with E-state index in [4.69, 9.17) is 9.82 Å². The molecule has 2 aliphatic heterocycles. The summed E-state index contributed by atoms with van der Waals surface area (Å²) in [7, 11) is 3.89. The number of oxime groups is 1. The number of rotatable bonds is 10. The smallest absolute Gasteiger partial charge is 0.303 e. The van der Waals surface area contributed by atoms with Gasteiger partial charge in [0.25, 0.3) is 5.56 Å². The molecule has 0 radical (unpaired) electrons. The average molecular weight is 592 g/mol. The molecule has 9 heteroatoms. The number of aromatic nitrogens is 2. The lowest BCUT2D eigenvalue weighted by atomic mass is 9.65. The van der Waals surface area contributed by atoms with Gasteiger partial charge in [0.1, 0.15) is 12.3 Å². The van der Waals surface area contributed by atoms with Crippen LogP contribution < -0.4 is 5.56 Å². The van der Waals surface area contributed by atoms with E-state index in [2.05, 4.69) is 17.0 Å². The average Bonchev–Trinajstić information content (AvgIpc) is 2.95. The van der Waals surface area contributed by atoms with Crippen molar-refractivity contribution in [1.29, 1.82) is 0 Å². The van der Waals surface area contributed by atoms with Crippen molar-refractivity contribution in [2.45, 2.75) is 108 Å². The number of carbonyl (C=O) groups is 1. The SMILES string of the molecule is CC1CC2CC(C1)CC(N1[C@@H]3CCC[C@H]1C[C@@H](n1c(=O)c(/C(CCC(=O)O)=N/OCCN(C)C)nc4ccccc41)C3)C2. The van der Waals surface area contributed by atoms with Gasteiger partial charge in [-0.05, 0) is 102 Å². The summed E-state index contributed by atoms with van der Waals surface area (Å²) < 4.78 is 1.98. The van der Waals surface area contributed by atoms with Crippen molar-refractivity contribution in [3.8, 4) is 0 Å². The Morgan fingerprint density at radius 2 is 1.67 bits per heavy atom. The maximum atomic E-state index is 14.4. The van der Waals surface area contributed by atoms with Crippen LogP contribution in [0.25, 0.3) is 11.0 Å². The summed E-state index contributed by atoms with van der Waals surface area (Å²) in [5, 5.41) is 13.7.